The molecule has 10 heteroatoms. The number of nitrogens with zero attached hydrogens (tertiary/aromatic N) is 4. The monoisotopic (exact) mass is 559 g/mol. The minimum Gasteiger partial charge on any atom is -0.444 e. The van der Waals surface area contributed by atoms with E-state index in [-0.39, 0.29) is 12.1 Å². The van der Waals surface area contributed by atoms with Crippen LogP contribution >= 0.6 is 0 Å². The molecule has 2 aliphatic rings. The summed E-state index contributed by atoms with van der Waals surface area (Å²) in [4.78, 5) is 23.8. The van der Waals surface area contributed by atoms with Gasteiger partial charge in [0.15, 0.2) is 0 Å². The van der Waals surface area contributed by atoms with Crippen LogP contribution in [-0.2, 0) is 20.9 Å². The summed E-state index contributed by atoms with van der Waals surface area (Å²) in [5.41, 5.74) is 1.74. The molecule has 2 fully saturated rings. The first-order chi connectivity index (χ1) is 18.4. The van der Waals surface area contributed by atoms with Gasteiger partial charge in [0.25, 0.3) is 0 Å². The zero-order valence-electron chi connectivity index (χ0n) is 25.1. The van der Waals surface area contributed by atoms with Crippen molar-refractivity contribution in [3.8, 4) is 0 Å². The molecule has 0 aromatic carbocycles. The zero-order valence-corrected chi connectivity index (χ0v) is 26.1. The Hall–Kier alpha value is -2.17. The van der Waals surface area contributed by atoms with Crippen molar-refractivity contribution in [3.63, 3.8) is 0 Å². The highest BCUT2D eigenvalue weighted by atomic mass is 28.3. The molecule has 0 atom stereocenters. The maximum atomic E-state index is 12.6. The van der Waals surface area contributed by atoms with E-state index in [1.165, 1.54) is 5.56 Å². The van der Waals surface area contributed by atoms with Crippen LogP contribution in [0.25, 0.3) is 11.0 Å². The summed E-state index contributed by atoms with van der Waals surface area (Å²) in [6, 6.07) is 1.63. The van der Waals surface area contributed by atoms with E-state index >= 15 is 0 Å². The zero-order chi connectivity index (χ0) is 28.2. The molecule has 0 radical (unpaired) electrons. The normalized spacial score (nSPS) is 21.2. The first-order valence-corrected chi connectivity index (χ1v) is 18.3. The first-order valence-electron chi connectivity index (χ1n) is 14.6. The summed E-state index contributed by atoms with van der Waals surface area (Å²) in [5, 5.41) is 4.88. The van der Waals surface area contributed by atoms with Crippen LogP contribution in [0.2, 0.25) is 25.7 Å². The third-order valence-corrected chi connectivity index (χ3v) is 9.54. The third kappa shape index (κ3) is 8.17. The van der Waals surface area contributed by atoms with E-state index in [4.69, 9.17) is 24.2 Å². The Morgan fingerprint density at radius 2 is 1.82 bits per heavy atom. The van der Waals surface area contributed by atoms with Crippen molar-refractivity contribution in [2.45, 2.75) is 115 Å². The Balaban J connectivity index is 1.47. The van der Waals surface area contributed by atoms with Crippen LogP contribution in [0.5, 0.6) is 0 Å². The fourth-order valence-electron chi connectivity index (χ4n) is 5.50. The molecule has 1 N–H and O–H groups in total. The maximum absolute atomic E-state index is 12.6. The number of hydrogen-bond donors (Lipinski definition) is 1. The number of carbonyl (C=O) groups excluding carboxylic acids is 1. The van der Waals surface area contributed by atoms with Crippen LogP contribution in [0.1, 0.15) is 70.8 Å². The van der Waals surface area contributed by atoms with Crippen molar-refractivity contribution in [2.75, 3.05) is 32.2 Å². The van der Waals surface area contributed by atoms with E-state index in [1.807, 2.05) is 27.8 Å². The number of fused-ring (bicyclic) bond motifs is 1. The largest absolute Gasteiger partial charge is 0.444 e. The van der Waals surface area contributed by atoms with Crippen molar-refractivity contribution in [1.82, 2.24) is 19.4 Å². The van der Waals surface area contributed by atoms with E-state index in [0.717, 1.165) is 81.2 Å². The van der Waals surface area contributed by atoms with Crippen LogP contribution in [0.3, 0.4) is 0 Å². The molecule has 1 saturated heterocycles. The molecule has 3 heterocycles. The van der Waals surface area contributed by atoms with Gasteiger partial charge in [-0.25, -0.2) is 14.8 Å². The third-order valence-electron chi connectivity index (χ3n) is 7.84. The highest BCUT2D eigenvalue weighted by Gasteiger charge is 2.30. The van der Waals surface area contributed by atoms with Gasteiger partial charge in [-0.15, -0.1) is 0 Å². The summed E-state index contributed by atoms with van der Waals surface area (Å²) >= 11 is 0. The number of ether oxygens (including phenoxy) is 3. The molecule has 0 spiro atoms. The lowest BCUT2D eigenvalue weighted by Gasteiger charge is -2.36. The van der Waals surface area contributed by atoms with Crippen molar-refractivity contribution in [1.29, 1.82) is 0 Å². The second kappa shape index (κ2) is 12.6. The second-order valence-corrected chi connectivity index (χ2v) is 19.1. The molecule has 0 bridgehead atoms. The molecular weight excluding hydrogens is 510 g/mol. The van der Waals surface area contributed by atoms with Gasteiger partial charge in [0.1, 0.15) is 30.1 Å². The number of amides is 1. The smallest absolute Gasteiger partial charge is 0.410 e. The first kappa shape index (κ1) is 29.8. The average molecular weight is 560 g/mol. The molecule has 1 saturated carbocycles. The van der Waals surface area contributed by atoms with E-state index in [9.17, 15) is 4.79 Å². The van der Waals surface area contributed by atoms with Crippen molar-refractivity contribution < 1.29 is 19.0 Å². The summed E-state index contributed by atoms with van der Waals surface area (Å²) < 4.78 is 19.5. The fraction of sp³-hybridized carbons (Fsp3) is 0.759. The highest BCUT2D eigenvalue weighted by molar-refractivity contribution is 6.76. The van der Waals surface area contributed by atoms with Crippen LogP contribution in [0, 0.1) is 0 Å². The number of anilines is 1. The van der Waals surface area contributed by atoms with Crippen molar-refractivity contribution in [3.05, 3.63) is 18.1 Å². The second-order valence-electron chi connectivity index (χ2n) is 13.5. The van der Waals surface area contributed by atoms with Gasteiger partial charge < -0.3 is 29.0 Å². The molecule has 2 aromatic rings. The number of hydrogen-bond acceptors (Lipinski definition) is 7. The Kier molecular flexibility index (Phi) is 9.60. The average Bonchev–Trinajstić information content (AvgIpc) is 3.25. The minimum absolute atomic E-state index is 0.190. The molecule has 1 aliphatic heterocycles. The van der Waals surface area contributed by atoms with Gasteiger partial charge in [-0.1, -0.05) is 19.6 Å². The van der Waals surface area contributed by atoms with Crippen LogP contribution in [0.4, 0.5) is 10.6 Å². The van der Waals surface area contributed by atoms with Gasteiger partial charge in [-0.3, -0.25) is 0 Å². The quantitative estimate of drug-likeness (QED) is 0.288. The fourth-order valence-corrected chi connectivity index (χ4v) is 6.26. The molecule has 1 amide bonds. The van der Waals surface area contributed by atoms with E-state index < -0.39 is 13.7 Å². The molecule has 218 valence electrons. The molecule has 9 nitrogen and oxygen atoms in total. The lowest BCUT2D eigenvalue weighted by atomic mass is 9.90. The Bertz CT molecular complexity index is 1100. The topological polar surface area (TPSA) is 90.7 Å². The summed E-state index contributed by atoms with van der Waals surface area (Å²) in [7, 11) is 0.710. The molecule has 39 heavy (non-hydrogen) atoms. The van der Waals surface area contributed by atoms with Crippen molar-refractivity contribution >= 4 is 31.0 Å². The minimum atomic E-state index is -1.15. The summed E-state index contributed by atoms with van der Waals surface area (Å²) in [5.74, 6) is 1.33. The maximum Gasteiger partial charge on any atom is 0.410 e. The lowest BCUT2D eigenvalue weighted by molar-refractivity contribution is 0.0185. The van der Waals surface area contributed by atoms with Crippen molar-refractivity contribution in [2.24, 2.45) is 0 Å². The summed E-state index contributed by atoms with van der Waals surface area (Å²) in [6.07, 6.45) is 9.47. The standard InChI is InChI=1S/C29H49N5O4Si/c1-29(2,3)38-28(35)33(4)23-10-8-22(9-11-23)32-26-25-24(21-12-14-36-15-13-21)18-34(27(25)31-19-30-26)20-37-16-17-39(5,6)7/h18-19,21-23H,8-17,20H2,1-7H3,(H,30,31,32). The van der Waals surface area contributed by atoms with E-state index in [1.54, 1.807) is 11.2 Å². The molecular formula is C29H49N5O4Si. The van der Waals surface area contributed by atoms with Crippen LogP contribution in [-0.4, -0.2) is 78.2 Å². The Morgan fingerprint density at radius 1 is 1.13 bits per heavy atom. The highest BCUT2D eigenvalue weighted by Crippen LogP contribution is 2.37. The predicted octanol–water partition coefficient (Wildman–Crippen LogP) is 6.23. The van der Waals surface area contributed by atoms with Crippen LogP contribution < -0.4 is 5.32 Å². The van der Waals surface area contributed by atoms with E-state index in [2.05, 4.69) is 35.7 Å². The van der Waals surface area contributed by atoms with Gasteiger partial charge in [0, 0.05) is 53.2 Å². The number of nitrogens with one attached hydrogen (secondary N) is 1. The predicted molar refractivity (Wildman–Crippen MR) is 158 cm³/mol. The molecule has 4 rings (SSSR count). The summed E-state index contributed by atoms with van der Waals surface area (Å²) in [6.45, 7) is 15.7. The molecule has 0 unspecified atom stereocenters. The molecule has 1 aliphatic carbocycles. The number of carbonyl (C=O) groups is 1. The SMILES string of the molecule is CN(C(=O)OC(C)(C)C)C1CCC(Nc2ncnc3c2c(C2CCOCC2)cn3COCC[Si](C)(C)C)CC1. The molecule has 2 aromatic heterocycles. The number of aromatic nitrogens is 3. The van der Waals surface area contributed by atoms with E-state index in [0.29, 0.717) is 18.7 Å². The van der Waals surface area contributed by atoms with Crippen LogP contribution in [0.15, 0.2) is 12.5 Å². The Morgan fingerprint density at radius 3 is 2.46 bits per heavy atom. The number of rotatable bonds is 9. The van der Waals surface area contributed by atoms with Gasteiger partial charge >= 0.3 is 6.09 Å². The van der Waals surface area contributed by atoms with Gasteiger partial charge in [-0.05, 0) is 76.8 Å². The van der Waals surface area contributed by atoms with Gasteiger partial charge in [0.05, 0.1) is 5.39 Å². The lowest BCUT2D eigenvalue weighted by Crippen LogP contribution is -2.43. The Labute approximate surface area is 235 Å². The van der Waals surface area contributed by atoms with Gasteiger partial charge in [0.2, 0.25) is 0 Å². The van der Waals surface area contributed by atoms with Gasteiger partial charge in [-0.2, -0.15) is 0 Å².